The Hall–Kier alpha value is -2.71. The minimum atomic E-state index is -3.48. The molecule has 0 radical (unpaired) electrons. The number of hydrogen-bond acceptors (Lipinski definition) is 6. The molecule has 0 unspecified atom stereocenters. The molecule has 7 nitrogen and oxygen atoms in total. The second kappa shape index (κ2) is 11.2. The van der Waals surface area contributed by atoms with E-state index in [0.29, 0.717) is 30.6 Å². The van der Waals surface area contributed by atoms with Gasteiger partial charge in [-0.1, -0.05) is 37.1 Å². The number of benzene rings is 2. The van der Waals surface area contributed by atoms with Crippen molar-refractivity contribution in [1.82, 2.24) is 4.31 Å². The maximum absolute atomic E-state index is 12.8. The van der Waals surface area contributed by atoms with Crippen molar-refractivity contribution in [2.75, 3.05) is 20.2 Å². The number of esters is 2. The summed E-state index contributed by atoms with van der Waals surface area (Å²) in [7, 11) is -2.16. The molecule has 0 amide bonds. The van der Waals surface area contributed by atoms with Crippen molar-refractivity contribution in [3.8, 4) is 0 Å². The molecule has 2 aromatic rings. The van der Waals surface area contributed by atoms with Gasteiger partial charge in [0.05, 0.1) is 17.6 Å². The van der Waals surface area contributed by atoms with Gasteiger partial charge in [0, 0.05) is 19.5 Å². The van der Waals surface area contributed by atoms with Crippen LogP contribution in [0.25, 0.3) is 0 Å². The molecule has 1 saturated heterocycles. The van der Waals surface area contributed by atoms with E-state index in [4.69, 9.17) is 4.74 Å². The average Bonchev–Trinajstić information content (AvgIpc) is 3.11. The Balaban J connectivity index is 1.50. The van der Waals surface area contributed by atoms with Gasteiger partial charge in [0.2, 0.25) is 10.0 Å². The quantitative estimate of drug-likeness (QED) is 0.559. The highest BCUT2D eigenvalue weighted by molar-refractivity contribution is 7.89. The van der Waals surface area contributed by atoms with Crippen LogP contribution in [-0.4, -0.2) is 44.9 Å². The van der Waals surface area contributed by atoms with Gasteiger partial charge in [-0.25, -0.2) is 13.2 Å². The Kier molecular flexibility index (Phi) is 8.41. The van der Waals surface area contributed by atoms with Crippen LogP contribution in [0, 0.1) is 0 Å². The predicted octanol–water partition coefficient (Wildman–Crippen LogP) is 3.71. The van der Waals surface area contributed by atoms with Gasteiger partial charge >= 0.3 is 11.9 Å². The fourth-order valence-electron chi connectivity index (χ4n) is 3.65. The summed E-state index contributed by atoms with van der Waals surface area (Å²) in [5.74, 6) is -0.811. The van der Waals surface area contributed by atoms with Crippen molar-refractivity contribution < 1.29 is 27.5 Å². The zero-order valence-electron chi connectivity index (χ0n) is 18.3. The molecular weight excluding hydrogens is 430 g/mol. The van der Waals surface area contributed by atoms with Crippen LogP contribution in [-0.2, 0) is 37.3 Å². The first-order valence-corrected chi connectivity index (χ1v) is 12.3. The fourth-order valence-corrected chi connectivity index (χ4v) is 5.16. The number of carbonyl (C=O) groups is 2. The van der Waals surface area contributed by atoms with Crippen molar-refractivity contribution in [1.29, 1.82) is 0 Å². The van der Waals surface area contributed by atoms with E-state index in [2.05, 4.69) is 4.74 Å². The van der Waals surface area contributed by atoms with Crippen molar-refractivity contribution in [3.63, 3.8) is 0 Å². The molecule has 1 aliphatic rings. The number of nitrogens with zero attached hydrogens (tertiary/aromatic N) is 1. The lowest BCUT2D eigenvalue weighted by Crippen LogP contribution is -2.31. The van der Waals surface area contributed by atoms with Crippen LogP contribution >= 0.6 is 0 Å². The molecule has 2 aromatic carbocycles. The Morgan fingerprint density at radius 2 is 1.62 bits per heavy atom. The van der Waals surface area contributed by atoms with E-state index in [1.54, 1.807) is 52.8 Å². The molecule has 8 heteroatoms. The van der Waals surface area contributed by atoms with Crippen molar-refractivity contribution >= 4 is 22.0 Å². The van der Waals surface area contributed by atoms with Crippen LogP contribution in [0.1, 0.15) is 53.6 Å². The van der Waals surface area contributed by atoms with Crippen LogP contribution < -0.4 is 0 Å². The van der Waals surface area contributed by atoms with E-state index >= 15 is 0 Å². The van der Waals surface area contributed by atoms with Crippen LogP contribution in [0.15, 0.2) is 53.4 Å². The minimum Gasteiger partial charge on any atom is -0.465 e. The molecule has 0 atom stereocenters. The van der Waals surface area contributed by atoms with Crippen LogP contribution in [0.4, 0.5) is 0 Å². The number of carbonyl (C=O) groups excluding carboxylic acids is 2. The molecule has 1 heterocycles. The summed E-state index contributed by atoms with van der Waals surface area (Å²) in [6, 6.07) is 13.4. The number of aryl methyl sites for hydroxylation is 1. The highest BCUT2D eigenvalue weighted by atomic mass is 32.2. The first-order chi connectivity index (χ1) is 15.4. The topological polar surface area (TPSA) is 90.0 Å². The second-order valence-corrected chi connectivity index (χ2v) is 9.75. The normalized spacial score (nSPS) is 15.0. The maximum Gasteiger partial charge on any atom is 0.337 e. The highest BCUT2D eigenvalue weighted by Gasteiger charge is 2.24. The Labute approximate surface area is 189 Å². The monoisotopic (exact) mass is 459 g/mol. The highest BCUT2D eigenvalue weighted by Crippen LogP contribution is 2.21. The third kappa shape index (κ3) is 6.40. The molecule has 172 valence electrons. The van der Waals surface area contributed by atoms with Gasteiger partial charge in [-0.3, -0.25) is 4.79 Å². The standard InChI is InChI=1S/C24H29NO6S/c1-30-24(27)21-8-6-7-20(17-21)18-31-23(26)14-11-19-9-12-22(13-10-19)32(28,29)25-15-4-2-3-5-16-25/h6-10,12-13,17H,2-5,11,14-16,18H2,1H3. The van der Waals surface area contributed by atoms with E-state index in [1.807, 2.05) is 0 Å². The lowest BCUT2D eigenvalue weighted by Gasteiger charge is -2.20. The second-order valence-electron chi connectivity index (χ2n) is 7.81. The third-order valence-corrected chi connectivity index (χ3v) is 7.40. The van der Waals surface area contributed by atoms with Gasteiger partial charge in [-0.15, -0.1) is 0 Å². The maximum atomic E-state index is 12.8. The summed E-state index contributed by atoms with van der Waals surface area (Å²) >= 11 is 0. The minimum absolute atomic E-state index is 0.0662. The zero-order valence-corrected chi connectivity index (χ0v) is 19.1. The van der Waals surface area contributed by atoms with Crippen molar-refractivity contribution in [2.24, 2.45) is 0 Å². The van der Waals surface area contributed by atoms with Gasteiger partial charge in [-0.2, -0.15) is 4.31 Å². The number of sulfonamides is 1. The molecule has 1 fully saturated rings. The first-order valence-electron chi connectivity index (χ1n) is 10.8. The van der Waals surface area contributed by atoms with E-state index in [-0.39, 0.29) is 23.9 Å². The lowest BCUT2D eigenvalue weighted by molar-refractivity contribution is -0.144. The summed E-state index contributed by atoms with van der Waals surface area (Å²) in [6.07, 6.45) is 4.55. The van der Waals surface area contributed by atoms with E-state index in [1.165, 1.54) is 7.11 Å². The fraction of sp³-hybridized carbons (Fsp3) is 0.417. The molecule has 0 aliphatic carbocycles. The van der Waals surface area contributed by atoms with Gasteiger partial charge in [-0.05, 0) is 54.7 Å². The van der Waals surface area contributed by atoms with E-state index < -0.39 is 16.0 Å². The number of rotatable bonds is 8. The smallest absolute Gasteiger partial charge is 0.337 e. The van der Waals surface area contributed by atoms with Crippen LogP contribution in [0.3, 0.4) is 0 Å². The van der Waals surface area contributed by atoms with E-state index in [0.717, 1.165) is 31.2 Å². The van der Waals surface area contributed by atoms with Gasteiger partial charge in [0.1, 0.15) is 6.61 Å². The summed E-state index contributed by atoms with van der Waals surface area (Å²) in [6.45, 7) is 1.20. The molecular formula is C24H29NO6S. The first kappa shape index (κ1) is 23.9. The number of methoxy groups -OCH3 is 1. The summed E-state index contributed by atoms with van der Waals surface area (Å²) in [5, 5.41) is 0. The number of ether oxygens (including phenoxy) is 2. The molecule has 32 heavy (non-hydrogen) atoms. The molecule has 1 aliphatic heterocycles. The Morgan fingerprint density at radius 1 is 0.938 bits per heavy atom. The number of hydrogen-bond donors (Lipinski definition) is 0. The molecule has 0 spiro atoms. The Bertz CT molecular complexity index is 1020. The molecule has 0 bridgehead atoms. The Morgan fingerprint density at radius 3 is 2.28 bits per heavy atom. The summed E-state index contributed by atoms with van der Waals surface area (Å²) in [5.41, 5.74) is 1.96. The summed E-state index contributed by atoms with van der Waals surface area (Å²) in [4.78, 5) is 24.0. The molecule has 0 saturated carbocycles. The molecule has 3 rings (SSSR count). The van der Waals surface area contributed by atoms with Gasteiger partial charge in [0.25, 0.3) is 0 Å². The SMILES string of the molecule is COC(=O)c1cccc(COC(=O)CCc2ccc(S(=O)(=O)N3CCCCCC3)cc2)c1. The van der Waals surface area contributed by atoms with Gasteiger partial charge in [0.15, 0.2) is 0 Å². The van der Waals surface area contributed by atoms with Crippen LogP contribution in [0.2, 0.25) is 0 Å². The largest absolute Gasteiger partial charge is 0.465 e. The summed E-state index contributed by atoms with van der Waals surface area (Å²) < 4.78 is 37.2. The van der Waals surface area contributed by atoms with Gasteiger partial charge < -0.3 is 9.47 Å². The molecule has 0 aromatic heterocycles. The van der Waals surface area contributed by atoms with Crippen molar-refractivity contribution in [3.05, 3.63) is 65.2 Å². The average molecular weight is 460 g/mol. The zero-order chi connectivity index (χ0) is 23.0. The van der Waals surface area contributed by atoms with Crippen LogP contribution in [0.5, 0.6) is 0 Å². The molecule has 0 N–H and O–H groups in total. The van der Waals surface area contributed by atoms with Crippen molar-refractivity contribution in [2.45, 2.75) is 50.0 Å². The van der Waals surface area contributed by atoms with E-state index in [9.17, 15) is 18.0 Å². The lowest BCUT2D eigenvalue weighted by atomic mass is 10.1. The predicted molar refractivity (Wildman–Crippen MR) is 120 cm³/mol. The third-order valence-electron chi connectivity index (χ3n) is 5.49.